The van der Waals surface area contributed by atoms with E-state index in [1.54, 1.807) is 0 Å². The third kappa shape index (κ3) is 3.16. The van der Waals surface area contributed by atoms with Crippen LogP contribution in [0.1, 0.15) is 32.6 Å². The Hall–Kier alpha value is -0.810. The first-order valence-corrected chi connectivity index (χ1v) is 5.26. The predicted octanol–water partition coefficient (Wildman–Crippen LogP) is 0.502. The molecule has 1 aliphatic rings. The number of nitrogens with two attached hydrogens (primary N) is 1. The summed E-state index contributed by atoms with van der Waals surface area (Å²) in [6, 6.07) is -0.0434. The maximum absolute atomic E-state index is 8.57. The second-order valence-corrected chi connectivity index (χ2v) is 3.66. The zero-order valence-corrected chi connectivity index (χ0v) is 8.74. The van der Waals surface area contributed by atoms with Crippen LogP contribution in [-0.4, -0.2) is 35.2 Å². The molecular weight excluding hydrogens is 180 g/mol. The lowest BCUT2D eigenvalue weighted by molar-refractivity contribution is 0.141. The largest absolute Gasteiger partial charge is 0.409 e. The highest BCUT2D eigenvalue weighted by Gasteiger charge is 2.16. The minimum Gasteiger partial charge on any atom is -0.409 e. The number of piperidine rings is 1. The summed E-state index contributed by atoms with van der Waals surface area (Å²) < 4.78 is 0. The lowest BCUT2D eigenvalue weighted by Crippen LogP contribution is -2.52. The first kappa shape index (κ1) is 11.3. The maximum Gasteiger partial charge on any atom is 0.157 e. The van der Waals surface area contributed by atoms with Crippen LogP contribution in [0.5, 0.6) is 0 Å². The van der Waals surface area contributed by atoms with E-state index in [1.165, 1.54) is 19.3 Å². The van der Waals surface area contributed by atoms with Crippen molar-refractivity contribution < 1.29 is 5.21 Å². The number of hydrogen-bond acceptors (Lipinski definition) is 4. The van der Waals surface area contributed by atoms with Gasteiger partial charge in [0.1, 0.15) is 0 Å². The van der Waals surface area contributed by atoms with Crippen molar-refractivity contribution in [2.45, 2.75) is 38.6 Å². The SMILES string of the molecule is CCC(NN1CCCCC1)C(N)=NO. The van der Waals surface area contributed by atoms with Crippen LogP contribution in [0.15, 0.2) is 5.16 Å². The number of nitrogens with one attached hydrogen (secondary N) is 1. The van der Waals surface area contributed by atoms with Gasteiger partial charge in [-0.15, -0.1) is 0 Å². The van der Waals surface area contributed by atoms with Crippen molar-refractivity contribution in [3.63, 3.8) is 0 Å². The highest BCUT2D eigenvalue weighted by molar-refractivity contribution is 5.85. The Kier molecular flexibility index (Phi) is 4.69. The molecule has 0 bridgehead atoms. The van der Waals surface area contributed by atoms with E-state index in [1.807, 2.05) is 6.92 Å². The summed E-state index contributed by atoms with van der Waals surface area (Å²) >= 11 is 0. The molecule has 0 aromatic rings. The standard InChI is InChI=1S/C9H20N4O/c1-2-8(9(10)12-14)11-13-6-4-3-5-7-13/h8,11,14H,2-7H2,1H3,(H2,10,12). The fourth-order valence-corrected chi connectivity index (χ4v) is 1.68. The van der Waals surface area contributed by atoms with Crippen molar-refractivity contribution in [1.29, 1.82) is 0 Å². The number of rotatable bonds is 4. The van der Waals surface area contributed by atoms with Crippen LogP contribution in [0.3, 0.4) is 0 Å². The van der Waals surface area contributed by atoms with Gasteiger partial charge >= 0.3 is 0 Å². The Morgan fingerprint density at radius 3 is 2.64 bits per heavy atom. The number of hydrazine groups is 1. The van der Waals surface area contributed by atoms with Crippen LogP contribution in [0, 0.1) is 0 Å². The van der Waals surface area contributed by atoms with Gasteiger partial charge in [0.25, 0.3) is 0 Å². The second kappa shape index (κ2) is 5.82. The second-order valence-electron chi connectivity index (χ2n) is 3.66. The summed E-state index contributed by atoms with van der Waals surface area (Å²) in [5.41, 5.74) is 8.83. The van der Waals surface area contributed by atoms with Crippen molar-refractivity contribution in [1.82, 2.24) is 10.4 Å². The minimum absolute atomic E-state index is 0.0434. The molecule has 0 spiro atoms. The Labute approximate surface area is 84.9 Å². The number of hydrogen-bond donors (Lipinski definition) is 3. The van der Waals surface area contributed by atoms with Crippen LogP contribution >= 0.6 is 0 Å². The monoisotopic (exact) mass is 200 g/mol. The van der Waals surface area contributed by atoms with Gasteiger partial charge in [-0.3, -0.25) is 0 Å². The summed E-state index contributed by atoms with van der Waals surface area (Å²) in [4.78, 5) is 0. The lowest BCUT2D eigenvalue weighted by atomic mass is 10.1. The molecular formula is C9H20N4O. The third-order valence-electron chi connectivity index (χ3n) is 2.58. The van der Waals surface area contributed by atoms with Gasteiger partial charge in [-0.05, 0) is 19.3 Å². The number of nitrogens with zero attached hydrogens (tertiary/aromatic N) is 2. The van der Waals surface area contributed by atoms with Crippen molar-refractivity contribution in [3.05, 3.63) is 0 Å². The van der Waals surface area contributed by atoms with E-state index in [-0.39, 0.29) is 11.9 Å². The Morgan fingerprint density at radius 2 is 2.14 bits per heavy atom. The molecule has 1 atom stereocenters. The molecule has 5 heteroatoms. The van der Waals surface area contributed by atoms with Crippen LogP contribution in [0.2, 0.25) is 0 Å². The Balaban J connectivity index is 2.38. The number of amidine groups is 1. The van der Waals surface area contributed by atoms with Gasteiger partial charge in [0.2, 0.25) is 0 Å². The molecule has 4 N–H and O–H groups in total. The summed E-state index contributed by atoms with van der Waals surface area (Å²) in [5.74, 6) is 0.262. The van der Waals surface area contributed by atoms with Crippen molar-refractivity contribution in [2.24, 2.45) is 10.9 Å². The van der Waals surface area contributed by atoms with Gasteiger partial charge in [-0.25, -0.2) is 10.4 Å². The molecule has 0 amide bonds. The van der Waals surface area contributed by atoms with Crippen molar-refractivity contribution in [3.8, 4) is 0 Å². The van der Waals surface area contributed by atoms with E-state index < -0.39 is 0 Å². The van der Waals surface area contributed by atoms with Gasteiger partial charge in [0.15, 0.2) is 5.84 Å². The van der Waals surface area contributed by atoms with Crippen LogP contribution in [0.4, 0.5) is 0 Å². The summed E-state index contributed by atoms with van der Waals surface area (Å²) in [7, 11) is 0. The molecule has 0 radical (unpaired) electrons. The lowest BCUT2D eigenvalue weighted by Gasteiger charge is -2.30. The number of oxime groups is 1. The average molecular weight is 200 g/mol. The van der Waals surface area contributed by atoms with Crippen LogP contribution in [-0.2, 0) is 0 Å². The van der Waals surface area contributed by atoms with E-state index in [0.717, 1.165) is 19.5 Å². The van der Waals surface area contributed by atoms with Gasteiger partial charge in [-0.1, -0.05) is 18.5 Å². The zero-order valence-electron chi connectivity index (χ0n) is 8.74. The topological polar surface area (TPSA) is 73.9 Å². The maximum atomic E-state index is 8.57. The van der Waals surface area contributed by atoms with Crippen molar-refractivity contribution in [2.75, 3.05) is 13.1 Å². The van der Waals surface area contributed by atoms with Crippen LogP contribution < -0.4 is 11.2 Å². The molecule has 1 saturated heterocycles. The fraction of sp³-hybridized carbons (Fsp3) is 0.889. The molecule has 0 aliphatic carbocycles. The third-order valence-corrected chi connectivity index (χ3v) is 2.58. The Bertz CT molecular complexity index is 189. The van der Waals surface area contributed by atoms with E-state index >= 15 is 0 Å². The van der Waals surface area contributed by atoms with E-state index in [9.17, 15) is 0 Å². The molecule has 1 fully saturated rings. The molecule has 5 nitrogen and oxygen atoms in total. The van der Waals surface area contributed by atoms with Crippen molar-refractivity contribution >= 4 is 5.84 Å². The smallest absolute Gasteiger partial charge is 0.157 e. The molecule has 1 rings (SSSR count). The molecule has 1 heterocycles. The van der Waals surface area contributed by atoms with Crippen LogP contribution in [0.25, 0.3) is 0 Å². The van der Waals surface area contributed by atoms with Gasteiger partial charge in [-0.2, -0.15) is 0 Å². The van der Waals surface area contributed by atoms with E-state index in [0.29, 0.717) is 0 Å². The molecule has 0 aromatic heterocycles. The van der Waals surface area contributed by atoms with E-state index in [2.05, 4.69) is 15.6 Å². The highest BCUT2D eigenvalue weighted by Crippen LogP contribution is 2.07. The normalized spacial score (nSPS) is 22.2. The highest BCUT2D eigenvalue weighted by atomic mass is 16.4. The summed E-state index contributed by atoms with van der Waals surface area (Å²) in [6.45, 7) is 4.12. The van der Waals surface area contributed by atoms with E-state index in [4.69, 9.17) is 10.9 Å². The molecule has 82 valence electrons. The predicted molar refractivity (Wildman–Crippen MR) is 56.0 cm³/mol. The first-order chi connectivity index (χ1) is 6.77. The summed E-state index contributed by atoms with van der Waals surface area (Å²) in [6.07, 6.45) is 4.57. The molecule has 14 heavy (non-hydrogen) atoms. The summed E-state index contributed by atoms with van der Waals surface area (Å²) in [5, 5.41) is 13.8. The fourth-order valence-electron chi connectivity index (χ4n) is 1.68. The van der Waals surface area contributed by atoms with Gasteiger partial charge < -0.3 is 10.9 Å². The molecule has 1 aliphatic heterocycles. The average Bonchev–Trinajstić information content (AvgIpc) is 2.26. The quantitative estimate of drug-likeness (QED) is 0.267. The minimum atomic E-state index is -0.0434. The molecule has 1 unspecified atom stereocenters. The van der Waals surface area contributed by atoms with Gasteiger partial charge in [0, 0.05) is 13.1 Å². The Morgan fingerprint density at radius 1 is 1.50 bits per heavy atom. The molecule has 0 saturated carbocycles. The molecule has 0 aromatic carbocycles. The van der Waals surface area contributed by atoms with Gasteiger partial charge in [0.05, 0.1) is 6.04 Å². The zero-order chi connectivity index (χ0) is 10.4. The first-order valence-electron chi connectivity index (χ1n) is 5.26.